The van der Waals surface area contributed by atoms with E-state index in [9.17, 15) is 5.11 Å². The number of rotatable bonds is 9. The average molecular weight is 229 g/mol. The van der Waals surface area contributed by atoms with E-state index in [4.69, 9.17) is 4.74 Å². The molecule has 1 rings (SSSR count). The molecule has 1 atom stereocenters. The van der Waals surface area contributed by atoms with Crippen LogP contribution in [0.4, 0.5) is 0 Å². The molecule has 0 radical (unpaired) electrons. The highest BCUT2D eigenvalue weighted by Crippen LogP contribution is 2.39. The summed E-state index contributed by atoms with van der Waals surface area (Å²) in [4.78, 5) is 0. The molecular weight excluding hydrogens is 202 g/mol. The monoisotopic (exact) mass is 229 g/mol. The van der Waals surface area contributed by atoms with Gasteiger partial charge in [-0.05, 0) is 37.6 Å². The normalized spacial score (nSPS) is 20.1. The van der Waals surface area contributed by atoms with Crippen LogP contribution in [0.15, 0.2) is 0 Å². The lowest BCUT2D eigenvalue weighted by molar-refractivity contribution is 0.0140. The minimum Gasteiger partial charge on any atom is -0.394 e. The molecule has 1 aliphatic rings. The molecule has 0 heterocycles. The smallest absolute Gasteiger partial charge is 0.0679 e. The van der Waals surface area contributed by atoms with Crippen LogP contribution in [0, 0.1) is 11.8 Å². The van der Waals surface area contributed by atoms with Gasteiger partial charge >= 0.3 is 0 Å². The molecule has 1 saturated carbocycles. The summed E-state index contributed by atoms with van der Waals surface area (Å²) in [6.45, 7) is 9.03. The zero-order valence-corrected chi connectivity index (χ0v) is 11.0. The summed E-state index contributed by atoms with van der Waals surface area (Å²) in [6.07, 6.45) is 3.54. The SMILES string of the molecule is CCCNC(CO)(COCC(C)C)C1CC1. The van der Waals surface area contributed by atoms with Crippen LogP contribution in [0.25, 0.3) is 0 Å². The molecule has 0 spiro atoms. The van der Waals surface area contributed by atoms with Crippen LogP contribution in [0.3, 0.4) is 0 Å². The fourth-order valence-corrected chi connectivity index (χ4v) is 2.03. The van der Waals surface area contributed by atoms with Crippen molar-refractivity contribution >= 4 is 0 Å². The van der Waals surface area contributed by atoms with Gasteiger partial charge in [0.05, 0.1) is 18.8 Å². The quantitative estimate of drug-likeness (QED) is 0.633. The third-order valence-corrected chi connectivity index (χ3v) is 3.18. The molecule has 3 heteroatoms. The molecule has 0 saturated heterocycles. The molecule has 1 unspecified atom stereocenters. The van der Waals surface area contributed by atoms with Crippen molar-refractivity contribution in [3.8, 4) is 0 Å². The largest absolute Gasteiger partial charge is 0.394 e. The van der Waals surface area contributed by atoms with E-state index in [0.29, 0.717) is 18.4 Å². The third kappa shape index (κ3) is 4.04. The van der Waals surface area contributed by atoms with Crippen LogP contribution in [-0.2, 0) is 4.74 Å². The highest BCUT2D eigenvalue weighted by atomic mass is 16.5. The van der Waals surface area contributed by atoms with E-state index >= 15 is 0 Å². The Balaban J connectivity index is 2.41. The molecule has 0 aliphatic heterocycles. The van der Waals surface area contributed by atoms with E-state index in [2.05, 4.69) is 26.1 Å². The van der Waals surface area contributed by atoms with Crippen LogP contribution in [0.5, 0.6) is 0 Å². The third-order valence-electron chi connectivity index (χ3n) is 3.18. The molecule has 0 bridgehead atoms. The summed E-state index contributed by atoms with van der Waals surface area (Å²) < 4.78 is 5.73. The maximum absolute atomic E-state index is 9.64. The fraction of sp³-hybridized carbons (Fsp3) is 1.00. The van der Waals surface area contributed by atoms with Crippen LogP contribution < -0.4 is 5.32 Å². The summed E-state index contributed by atoms with van der Waals surface area (Å²) in [6, 6.07) is 0. The maximum atomic E-state index is 9.64. The second kappa shape index (κ2) is 6.58. The Morgan fingerprint density at radius 1 is 1.44 bits per heavy atom. The van der Waals surface area contributed by atoms with Crippen molar-refractivity contribution in [1.29, 1.82) is 0 Å². The van der Waals surface area contributed by atoms with Gasteiger partial charge in [-0.1, -0.05) is 20.8 Å². The second-order valence-corrected chi connectivity index (χ2v) is 5.42. The molecule has 3 nitrogen and oxygen atoms in total. The van der Waals surface area contributed by atoms with Crippen molar-refractivity contribution in [3.05, 3.63) is 0 Å². The van der Waals surface area contributed by atoms with E-state index in [1.54, 1.807) is 0 Å². The van der Waals surface area contributed by atoms with E-state index in [0.717, 1.165) is 19.6 Å². The van der Waals surface area contributed by atoms with Gasteiger partial charge in [0.25, 0.3) is 0 Å². The molecule has 0 amide bonds. The van der Waals surface area contributed by atoms with Gasteiger partial charge in [0.15, 0.2) is 0 Å². The van der Waals surface area contributed by atoms with Gasteiger partial charge in [-0.15, -0.1) is 0 Å². The van der Waals surface area contributed by atoms with E-state index in [1.807, 2.05) is 0 Å². The molecule has 0 aromatic carbocycles. The maximum Gasteiger partial charge on any atom is 0.0679 e. The van der Waals surface area contributed by atoms with E-state index in [-0.39, 0.29) is 12.1 Å². The molecule has 1 fully saturated rings. The van der Waals surface area contributed by atoms with Gasteiger partial charge in [0, 0.05) is 6.61 Å². The Bertz CT molecular complexity index is 192. The highest BCUT2D eigenvalue weighted by Gasteiger charge is 2.44. The first-order chi connectivity index (χ1) is 7.64. The van der Waals surface area contributed by atoms with Gasteiger partial charge in [-0.2, -0.15) is 0 Å². The Morgan fingerprint density at radius 3 is 2.56 bits per heavy atom. The minimum absolute atomic E-state index is 0.176. The fourth-order valence-electron chi connectivity index (χ4n) is 2.03. The predicted octanol–water partition coefficient (Wildman–Crippen LogP) is 1.80. The van der Waals surface area contributed by atoms with Crippen molar-refractivity contribution in [3.63, 3.8) is 0 Å². The topological polar surface area (TPSA) is 41.5 Å². The van der Waals surface area contributed by atoms with Gasteiger partial charge < -0.3 is 15.2 Å². The van der Waals surface area contributed by atoms with Crippen molar-refractivity contribution in [1.82, 2.24) is 5.32 Å². The Labute approximate surface area is 99.6 Å². The first-order valence-electron chi connectivity index (χ1n) is 6.58. The summed E-state index contributed by atoms with van der Waals surface area (Å²) in [5.41, 5.74) is -0.176. The summed E-state index contributed by atoms with van der Waals surface area (Å²) in [5, 5.41) is 13.1. The molecule has 16 heavy (non-hydrogen) atoms. The van der Waals surface area contributed by atoms with Crippen molar-refractivity contribution in [2.75, 3.05) is 26.4 Å². The van der Waals surface area contributed by atoms with Gasteiger partial charge in [-0.25, -0.2) is 0 Å². The second-order valence-electron chi connectivity index (χ2n) is 5.42. The number of aliphatic hydroxyl groups excluding tert-OH is 1. The minimum atomic E-state index is -0.176. The summed E-state index contributed by atoms with van der Waals surface area (Å²) in [5.74, 6) is 1.16. The van der Waals surface area contributed by atoms with E-state index in [1.165, 1.54) is 12.8 Å². The van der Waals surface area contributed by atoms with Gasteiger partial charge in [0.2, 0.25) is 0 Å². The number of ether oxygens (including phenoxy) is 1. The highest BCUT2D eigenvalue weighted by molar-refractivity contribution is 5.00. The first-order valence-corrected chi connectivity index (χ1v) is 6.58. The number of aliphatic hydroxyl groups is 1. The summed E-state index contributed by atoms with van der Waals surface area (Å²) in [7, 11) is 0. The predicted molar refractivity (Wildman–Crippen MR) is 66.5 cm³/mol. The molecule has 0 aromatic rings. The molecular formula is C13H27NO2. The van der Waals surface area contributed by atoms with Crippen LogP contribution >= 0.6 is 0 Å². The van der Waals surface area contributed by atoms with Crippen LogP contribution in [0.2, 0.25) is 0 Å². The number of hydrogen-bond acceptors (Lipinski definition) is 3. The lowest BCUT2D eigenvalue weighted by Crippen LogP contribution is -2.54. The zero-order chi connectivity index (χ0) is 12.0. The van der Waals surface area contributed by atoms with Crippen molar-refractivity contribution in [2.45, 2.75) is 45.6 Å². The lowest BCUT2D eigenvalue weighted by Gasteiger charge is -2.33. The van der Waals surface area contributed by atoms with Crippen LogP contribution in [-0.4, -0.2) is 37.0 Å². The molecule has 96 valence electrons. The Morgan fingerprint density at radius 2 is 2.12 bits per heavy atom. The average Bonchev–Trinajstić information content (AvgIpc) is 3.07. The van der Waals surface area contributed by atoms with E-state index < -0.39 is 0 Å². The lowest BCUT2D eigenvalue weighted by atomic mass is 9.95. The molecule has 2 N–H and O–H groups in total. The molecule has 1 aliphatic carbocycles. The van der Waals surface area contributed by atoms with Gasteiger partial charge in [-0.3, -0.25) is 0 Å². The number of nitrogens with one attached hydrogen (secondary N) is 1. The Hall–Kier alpha value is -0.120. The first kappa shape index (κ1) is 13.9. The number of hydrogen-bond donors (Lipinski definition) is 2. The summed E-state index contributed by atoms with van der Waals surface area (Å²) >= 11 is 0. The molecule has 0 aromatic heterocycles. The van der Waals surface area contributed by atoms with Crippen molar-refractivity contribution in [2.24, 2.45) is 11.8 Å². The van der Waals surface area contributed by atoms with Gasteiger partial charge in [0.1, 0.15) is 0 Å². The van der Waals surface area contributed by atoms with Crippen LogP contribution in [0.1, 0.15) is 40.0 Å². The standard InChI is InChI=1S/C13H27NO2/c1-4-7-14-13(9-15,12-5-6-12)10-16-8-11(2)3/h11-12,14-15H,4-10H2,1-3H3. The zero-order valence-electron chi connectivity index (χ0n) is 11.0. The van der Waals surface area contributed by atoms with Crippen molar-refractivity contribution < 1.29 is 9.84 Å². The Kier molecular flexibility index (Phi) is 5.73.